The summed E-state index contributed by atoms with van der Waals surface area (Å²) >= 11 is -0.583. The molecule has 0 aromatic heterocycles. The van der Waals surface area contributed by atoms with E-state index in [0.717, 1.165) is 0 Å². The number of benzene rings is 1. The summed E-state index contributed by atoms with van der Waals surface area (Å²) in [4.78, 5) is 0. The fourth-order valence-corrected chi connectivity index (χ4v) is 6.66. The van der Waals surface area contributed by atoms with Crippen LogP contribution in [0.25, 0.3) is 6.08 Å². The van der Waals surface area contributed by atoms with Gasteiger partial charge < -0.3 is 0 Å². The molecule has 0 saturated heterocycles. The maximum atomic E-state index is 2.48. The van der Waals surface area contributed by atoms with Crippen LogP contribution in [0.5, 0.6) is 0 Å². The van der Waals surface area contributed by atoms with E-state index >= 15 is 0 Å². The summed E-state index contributed by atoms with van der Waals surface area (Å²) in [6.07, 6.45) is 11.7. The Balaban J connectivity index is 1.90. The van der Waals surface area contributed by atoms with Gasteiger partial charge in [0.25, 0.3) is 0 Å². The maximum absolute atomic E-state index is 2.48. The molecule has 90 valence electrons. The summed E-state index contributed by atoms with van der Waals surface area (Å²) in [6, 6.07) is 6.90. The van der Waals surface area contributed by atoms with Crippen LogP contribution >= 0.6 is 0 Å². The molecule has 1 aromatic rings. The van der Waals surface area contributed by atoms with Gasteiger partial charge in [0.1, 0.15) is 0 Å². The summed E-state index contributed by atoms with van der Waals surface area (Å²) in [6.45, 7) is 6.95. The van der Waals surface area contributed by atoms with Crippen LogP contribution < -0.4 is 0 Å². The monoisotopic (exact) mass is 312 g/mol. The molecule has 0 radical (unpaired) electrons. The first-order valence-corrected chi connectivity index (χ1v) is 9.01. The predicted octanol–water partition coefficient (Wildman–Crippen LogP) is 4.84. The molecular weight excluding hydrogens is 295 g/mol. The molecule has 1 unspecified atom stereocenters. The minimum absolute atomic E-state index is 0.389. The molecule has 3 rings (SSSR count). The first kappa shape index (κ1) is 12.4. The van der Waals surface area contributed by atoms with Crippen LogP contribution in [0.2, 0.25) is 3.12 Å². The summed E-state index contributed by atoms with van der Waals surface area (Å²) in [5.41, 5.74) is 4.37. The molecule has 0 nitrogen and oxygen atoms in total. The SMILES string of the molecule is Cc1ccc2c(c1)C=[C]([Zr][C]1(C)C=CC=C1)C2C. The van der Waals surface area contributed by atoms with Gasteiger partial charge in [-0.3, -0.25) is 0 Å². The van der Waals surface area contributed by atoms with Crippen LogP contribution in [0.1, 0.15) is 36.5 Å². The third-order valence-corrected chi connectivity index (χ3v) is 8.17. The van der Waals surface area contributed by atoms with E-state index in [2.05, 4.69) is 69.4 Å². The van der Waals surface area contributed by atoms with Crippen molar-refractivity contribution in [2.75, 3.05) is 0 Å². The van der Waals surface area contributed by atoms with Crippen molar-refractivity contribution < 1.29 is 23.2 Å². The molecule has 0 spiro atoms. The zero-order valence-corrected chi connectivity index (χ0v) is 13.7. The molecule has 0 heterocycles. The van der Waals surface area contributed by atoms with Gasteiger partial charge in [0.2, 0.25) is 0 Å². The van der Waals surface area contributed by atoms with Crippen molar-refractivity contribution in [2.45, 2.75) is 29.8 Å². The molecule has 18 heavy (non-hydrogen) atoms. The van der Waals surface area contributed by atoms with Crippen molar-refractivity contribution in [2.24, 2.45) is 0 Å². The molecular formula is C17H18Zr. The van der Waals surface area contributed by atoms with Crippen molar-refractivity contribution >= 4 is 6.08 Å². The molecule has 1 atom stereocenters. The first-order chi connectivity index (χ1) is 8.57. The summed E-state index contributed by atoms with van der Waals surface area (Å²) in [5.74, 6) is 0.645. The van der Waals surface area contributed by atoms with Crippen LogP contribution in [0.15, 0.2) is 45.8 Å². The van der Waals surface area contributed by atoms with Gasteiger partial charge in [0, 0.05) is 0 Å². The Morgan fingerprint density at radius 3 is 2.61 bits per heavy atom. The van der Waals surface area contributed by atoms with Gasteiger partial charge in [-0.2, -0.15) is 0 Å². The van der Waals surface area contributed by atoms with Gasteiger partial charge in [-0.1, -0.05) is 0 Å². The Hall–Kier alpha value is -0.677. The summed E-state index contributed by atoms with van der Waals surface area (Å²) in [5, 5.41) is 0. The zero-order chi connectivity index (χ0) is 12.8. The van der Waals surface area contributed by atoms with E-state index in [4.69, 9.17) is 0 Å². The number of rotatable bonds is 2. The second kappa shape index (κ2) is 4.46. The number of hydrogen-bond donors (Lipinski definition) is 0. The second-order valence-corrected chi connectivity index (χ2v) is 10.3. The third kappa shape index (κ3) is 2.14. The van der Waals surface area contributed by atoms with Gasteiger partial charge in [-0.05, 0) is 0 Å². The number of fused-ring (bicyclic) bond motifs is 1. The van der Waals surface area contributed by atoms with E-state index in [1.807, 2.05) is 0 Å². The van der Waals surface area contributed by atoms with Gasteiger partial charge in [-0.25, -0.2) is 0 Å². The fourth-order valence-electron chi connectivity index (χ4n) is 2.78. The van der Waals surface area contributed by atoms with Crippen molar-refractivity contribution in [3.05, 3.63) is 62.5 Å². The Labute approximate surface area is 121 Å². The molecule has 2 aliphatic carbocycles. The quantitative estimate of drug-likeness (QED) is 0.733. The average molecular weight is 314 g/mol. The Kier molecular flexibility index (Phi) is 3.06. The molecule has 0 N–H and O–H groups in total. The van der Waals surface area contributed by atoms with Crippen molar-refractivity contribution in [3.63, 3.8) is 0 Å². The van der Waals surface area contributed by atoms with E-state index in [1.165, 1.54) is 16.7 Å². The molecule has 0 saturated carbocycles. The normalized spacial score (nSPS) is 23.1. The Morgan fingerprint density at radius 2 is 1.89 bits per heavy atom. The molecule has 0 aliphatic heterocycles. The summed E-state index contributed by atoms with van der Waals surface area (Å²) in [7, 11) is 0. The van der Waals surface area contributed by atoms with Crippen LogP contribution in [-0.4, -0.2) is 0 Å². The van der Waals surface area contributed by atoms with E-state index in [9.17, 15) is 0 Å². The van der Waals surface area contributed by atoms with E-state index in [0.29, 0.717) is 9.04 Å². The number of aryl methyl sites for hydroxylation is 1. The number of allylic oxidation sites excluding steroid dienone is 5. The molecule has 0 bridgehead atoms. The van der Waals surface area contributed by atoms with E-state index < -0.39 is 23.2 Å². The van der Waals surface area contributed by atoms with Crippen LogP contribution in [0.3, 0.4) is 0 Å². The van der Waals surface area contributed by atoms with Gasteiger partial charge >= 0.3 is 122 Å². The molecule has 0 fully saturated rings. The van der Waals surface area contributed by atoms with Crippen LogP contribution in [0.4, 0.5) is 0 Å². The van der Waals surface area contributed by atoms with E-state index in [-0.39, 0.29) is 0 Å². The topological polar surface area (TPSA) is 0 Å². The second-order valence-electron chi connectivity index (χ2n) is 5.58. The fraction of sp³-hybridized carbons (Fsp3) is 0.294. The third-order valence-electron chi connectivity index (χ3n) is 3.90. The Bertz CT molecular complexity index is 563. The van der Waals surface area contributed by atoms with Gasteiger partial charge in [0.05, 0.1) is 0 Å². The average Bonchev–Trinajstić information content (AvgIpc) is 2.85. The van der Waals surface area contributed by atoms with Gasteiger partial charge in [-0.15, -0.1) is 0 Å². The van der Waals surface area contributed by atoms with Gasteiger partial charge in [0.15, 0.2) is 0 Å². The van der Waals surface area contributed by atoms with Crippen molar-refractivity contribution in [1.82, 2.24) is 0 Å². The first-order valence-electron chi connectivity index (χ1n) is 6.55. The van der Waals surface area contributed by atoms with Crippen LogP contribution in [0, 0.1) is 6.92 Å². The molecule has 2 aliphatic rings. The van der Waals surface area contributed by atoms with Crippen molar-refractivity contribution in [3.8, 4) is 0 Å². The zero-order valence-electron chi connectivity index (χ0n) is 11.2. The van der Waals surface area contributed by atoms with Crippen LogP contribution in [-0.2, 0) is 23.2 Å². The van der Waals surface area contributed by atoms with Crippen molar-refractivity contribution in [1.29, 1.82) is 0 Å². The summed E-state index contributed by atoms with van der Waals surface area (Å²) < 4.78 is 2.12. The van der Waals surface area contributed by atoms with E-state index in [1.54, 1.807) is 3.28 Å². The standard InChI is InChI=1S/C11H11.C6H7.Zr/c1-8-3-6-11-9(2)4-5-10(11)7-8;1-6-4-2-3-5-6;/h3,5-7,9H,1-2H3;2-5H,1H3;. The molecule has 0 amide bonds. The number of hydrogen-bond acceptors (Lipinski definition) is 0. The predicted molar refractivity (Wildman–Crippen MR) is 74.2 cm³/mol. The Morgan fingerprint density at radius 1 is 1.17 bits per heavy atom. The molecule has 1 aromatic carbocycles. The molecule has 1 heteroatoms. The minimum atomic E-state index is -0.583.